The van der Waals surface area contributed by atoms with Crippen molar-refractivity contribution in [1.82, 2.24) is 60.5 Å². The average Bonchev–Trinajstić information content (AvgIpc) is 1.53. The number of nitrogens with one attached hydrogen (secondary N) is 5. The molecule has 3 aromatic heterocycles. The molecule has 1 saturated carbocycles. The number of rotatable bonds is 55. The number of likely N-dealkylation sites (N-methyl/N-ethyl adjacent to an activating group) is 2. The monoisotopic (exact) mass is 1850 g/mol. The van der Waals surface area contributed by atoms with Crippen LogP contribution in [0.15, 0.2) is 102 Å². The van der Waals surface area contributed by atoms with E-state index >= 15 is 0 Å². The quantitative estimate of drug-likeness (QED) is 0.0151. The maximum atomic E-state index is 14.1. The number of aliphatic carboxylic acids is 1. The number of hydrogen-bond donors (Lipinski definition) is 8. The second kappa shape index (κ2) is 53.7. The zero-order chi connectivity index (χ0) is 95.0. The number of nitrogens with zero attached hydrogens (tertiary/aromatic N) is 8. The number of fused-ring (bicyclic) bond motifs is 5. The van der Waals surface area contributed by atoms with E-state index < -0.39 is 84.8 Å². The van der Waals surface area contributed by atoms with Crippen LogP contribution in [0.3, 0.4) is 0 Å². The molecule has 0 unspecified atom stereocenters. The third kappa shape index (κ3) is 32.6. The van der Waals surface area contributed by atoms with Crippen molar-refractivity contribution < 1.29 is 133 Å². The summed E-state index contributed by atoms with van der Waals surface area (Å²) in [5.74, 6) is -6.11. The second-order valence-electron chi connectivity index (χ2n) is 31.2. The number of carboxylic acids is 1. The summed E-state index contributed by atoms with van der Waals surface area (Å²) in [6, 6.07) is 20.1. The van der Waals surface area contributed by atoms with Gasteiger partial charge in [0.05, 0.1) is 154 Å². The Hall–Kier alpha value is -11.8. The van der Waals surface area contributed by atoms with E-state index in [9.17, 15) is 71.0 Å². The van der Waals surface area contributed by atoms with Crippen LogP contribution in [0.2, 0.25) is 0 Å². The number of hydrogen-bond acceptors (Lipinski definition) is 29. The number of carboxylic acid groups (broad SMARTS) is 1. The Bertz CT molecular complexity index is 4900. The van der Waals surface area contributed by atoms with E-state index in [0.29, 0.717) is 178 Å². The Balaban J connectivity index is 0.00000269. The SMILES string of the molecule is CCc1c2c(nc3ccc(OC(=O)N(C)CCN(C)C(=O)OCc4ccc(NC(=O)[C@H](CCCCN)NC(=O)[C@H](Cc5ccccc5)NC(=O)COCC(=O)NCCOCCOCCOCCOCCOCCOCCOCCOCCn5cc(CNC(=O)C6CCC(CN7C(=O)C=CC7=O)CC6)nn5)cc4)cc13)-c1cc3c(c(=O)n1C2)COC(=O)[C@]3(O)CC.O=C(O)C(F)(F)F. The Morgan fingerprint density at radius 3 is 1.85 bits per heavy atom. The molecule has 132 heavy (non-hydrogen) atoms. The fraction of sp³-hybridized carbons (Fsp3) is 0.539. The number of aliphatic hydroxyl groups is 1. The number of esters is 1. The molecule has 3 atom stereocenters. The molecule has 43 heteroatoms. The summed E-state index contributed by atoms with van der Waals surface area (Å²) >= 11 is 0. The number of carbonyl (C=O) groups is 11. The van der Waals surface area contributed by atoms with Gasteiger partial charge < -0.3 is 114 Å². The molecule has 1 aliphatic carbocycles. The summed E-state index contributed by atoms with van der Waals surface area (Å²) in [5, 5.41) is 41.4. The summed E-state index contributed by atoms with van der Waals surface area (Å²) in [6.45, 7) is 10.3. The first-order chi connectivity index (χ1) is 63.6. The summed E-state index contributed by atoms with van der Waals surface area (Å²) in [7, 11) is 3.06. The third-order valence-corrected chi connectivity index (χ3v) is 21.8. The van der Waals surface area contributed by atoms with Gasteiger partial charge in [0.2, 0.25) is 29.5 Å². The van der Waals surface area contributed by atoms with Crippen molar-refractivity contribution in [2.24, 2.45) is 17.6 Å². The van der Waals surface area contributed by atoms with Crippen LogP contribution >= 0.6 is 0 Å². The fourth-order valence-corrected chi connectivity index (χ4v) is 14.4. The molecule has 0 saturated heterocycles. The van der Waals surface area contributed by atoms with Crippen molar-refractivity contribution in [3.05, 3.63) is 147 Å². The zero-order valence-corrected chi connectivity index (χ0v) is 74.4. The molecule has 0 spiro atoms. The predicted molar refractivity (Wildman–Crippen MR) is 465 cm³/mol. The maximum Gasteiger partial charge on any atom is 0.490 e. The Labute approximate surface area is 759 Å². The number of benzene rings is 3. The highest BCUT2D eigenvalue weighted by atomic mass is 19.4. The molecule has 10 rings (SSSR count). The lowest BCUT2D eigenvalue weighted by Gasteiger charge is -2.31. The smallest absolute Gasteiger partial charge is 0.475 e. The lowest BCUT2D eigenvalue weighted by molar-refractivity contribution is -0.192. The maximum absolute atomic E-state index is 14.1. The standard InChI is InChI=1S/C87H116N14O24.C2HF3O2/c1-5-66-67-49-65(23-24-71(67)93-79-68(66)54-100-74(79)50-70-69(83(100)109)56-123-84(110)87(70,113)6-2)125-86(112)98(4)30-29-97(3)85(111)124-55-61-17-21-63(22-18-61)91-81(107)72(14-10-11-27-88)94-82(108)73(48-59-12-8-7-9-13-59)92-76(103)58-122-57-75(102)89-28-32-114-34-36-116-38-40-118-42-44-120-46-47-121-45-43-119-41-39-117-37-35-115-33-31-99-53-64(95-96-99)51-90-80(106)62-19-15-60(16-20-62)52-101-77(104)25-26-78(101)105;3-2(4,5)1(6)7/h7-9,12-13,17-18,21-26,49-50,53,60,62,72-73,113H,5-6,10-11,14-16,19-20,27-48,51-52,54-58,88H2,1-4H3,(H,89,102)(H,90,106)(H,91,107)(H,92,103)(H,94,108);(H,6,7)/t60?,62?,72-,73-,87-;/m0./s1. The van der Waals surface area contributed by atoms with Crippen LogP contribution in [0.5, 0.6) is 5.75 Å². The molecule has 1 fully saturated rings. The number of pyridine rings is 2. The highest BCUT2D eigenvalue weighted by Crippen LogP contribution is 2.41. The van der Waals surface area contributed by atoms with Gasteiger partial charge in [0, 0.05) is 87.0 Å². The lowest BCUT2D eigenvalue weighted by Crippen LogP contribution is -2.54. The molecule has 0 radical (unpaired) electrons. The van der Waals surface area contributed by atoms with Gasteiger partial charge in [-0.3, -0.25) is 43.3 Å². The van der Waals surface area contributed by atoms with Crippen LogP contribution in [0, 0.1) is 11.8 Å². The van der Waals surface area contributed by atoms with Gasteiger partial charge in [-0.05, 0) is 123 Å². The molecule has 40 nitrogen and oxygen atoms in total. The number of ether oxygens (including phenoxy) is 12. The number of aryl methyl sites for hydroxylation is 1. The number of alkyl halides is 3. The number of imide groups is 1. The Morgan fingerprint density at radius 1 is 0.667 bits per heavy atom. The van der Waals surface area contributed by atoms with E-state index in [2.05, 4.69) is 36.9 Å². The van der Waals surface area contributed by atoms with Crippen molar-refractivity contribution in [2.75, 3.05) is 171 Å². The van der Waals surface area contributed by atoms with Gasteiger partial charge >= 0.3 is 30.3 Å². The highest BCUT2D eigenvalue weighted by molar-refractivity contribution is 6.13. The van der Waals surface area contributed by atoms with Gasteiger partial charge in [-0.1, -0.05) is 61.5 Å². The number of carbonyl (C=O) groups excluding carboxylic acids is 10. The molecule has 720 valence electrons. The Kier molecular flexibility index (Phi) is 42.2. The number of nitrogens with two attached hydrogens (primary N) is 1. The van der Waals surface area contributed by atoms with E-state index in [1.54, 1.807) is 95.2 Å². The van der Waals surface area contributed by atoms with Crippen molar-refractivity contribution in [3.8, 4) is 17.1 Å². The molecule has 0 bridgehead atoms. The van der Waals surface area contributed by atoms with Crippen molar-refractivity contribution >= 4 is 82.1 Å². The summed E-state index contributed by atoms with van der Waals surface area (Å²) in [5.41, 5.74) is 9.61. The number of amides is 9. The molecule has 9 N–H and O–H groups in total. The first kappa shape index (κ1) is 104. The van der Waals surface area contributed by atoms with Gasteiger partial charge in [-0.25, -0.2) is 28.8 Å². The number of unbranched alkanes of at least 4 members (excludes halogenated alkanes) is 1. The summed E-state index contributed by atoms with van der Waals surface area (Å²) in [4.78, 5) is 161. The summed E-state index contributed by atoms with van der Waals surface area (Å²) < 4.78 is 102. The van der Waals surface area contributed by atoms with E-state index in [4.69, 9.17) is 77.5 Å². The number of aromatic nitrogens is 5. The van der Waals surface area contributed by atoms with Crippen molar-refractivity contribution in [1.29, 1.82) is 0 Å². The zero-order valence-electron chi connectivity index (χ0n) is 74.4. The van der Waals surface area contributed by atoms with Gasteiger partial charge in [0.1, 0.15) is 50.0 Å². The Morgan fingerprint density at radius 2 is 1.26 bits per heavy atom. The largest absolute Gasteiger partial charge is 0.490 e. The van der Waals surface area contributed by atoms with Crippen LogP contribution in [0.4, 0.5) is 28.4 Å². The van der Waals surface area contributed by atoms with Gasteiger partial charge in [-0.2, -0.15) is 13.2 Å². The van der Waals surface area contributed by atoms with Crippen molar-refractivity contribution in [2.45, 2.75) is 135 Å². The van der Waals surface area contributed by atoms with Crippen molar-refractivity contribution in [3.63, 3.8) is 0 Å². The number of cyclic esters (lactones) is 1. The molecule has 4 aliphatic rings. The molecule has 3 aromatic carbocycles. The first-order valence-corrected chi connectivity index (χ1v) is 43.7. The minimum atomic E-state index is -5.08. The van der Waals surface area contributed by atoms with Crippen LogP contribution in [-0.2, 0) is 147 Å². The summed E-state index contributed by atoms with van der Waals surface area (Å²) in [6.07, 6.45) is 2.85. The van der Waals surface area contributed by atoms with Crippen LogP contribution in [-0.4, -0.2) is 299 Å². The molecule has 9 amide bonds. The van der Waals surface area contributed by atoms with E-state index in [0.717, 1.165) is 34.9 Å². The van der Waals surface area contributed by atoms with Gasteiger partial charge in [-0.15, -0.1) is 5.10 Å². The average molecular weight is 1860 g/mol. The topological polar surface area (TPSA) is 500 Å². The molecule has 6 heterocycles. The second-order valence-corrected chi connectivity index (χ2v) is 31.2. The van der Waals surface area contributed by atoms with Gasteiger partial charge in [0.25, 0.3) is 17.4 Å². The van der Waals surface area contributed by atoms with Gasteiger partial charge in [0.15, 0.2) is 5.60 Å². The minimum absolute atomic E-state index is 0.0194. The third-order valence-electron chi connectivity index (χ3n) is 21.8. The number of anilines is 1. The molecule has 6 aromatic rings. The van der Waals surface area contributed by atoms with Crippen LogP contribution < -0.4 is 42.6 Å². The number of halogens is 3. The van der Waals surface area contributed by atoms with E-state index in [-0.39, 0.29) is 130 Å². The van der Waals surface area contributed by atoms with E-state index in [1.165, 1.54) is 40.9 Å². The first-order valence-electron chi connectivity index (χ1n) is 43.7. The normalized spacial score (nSPS) is 15.9. The lowest BCUT2D eigenvalue weighted by atomic mass is 9.81. The van der Waals surface area contributed by atoms with Crippen LogP contribution in [0.1, 0.15) is 104 Å². The fourth-order valence-electron chi connectivity index (χ4n) is 14.4. The van der Waals surface area contributed by atoms with E-state index in [1.807, 2.05) is 13.0 Å². The molecular weight excluding hydrogens is 1740 g/mol. The van der Waals surface area contributed by atoms with Crippen LogP contribution in [0.25, 0.3) is 22.3 Å². The molecular formula is C89H117F3N14O26. The highest BCUT2D eigenvalue weighted by Gasteiger charge is 2.46. The predicted octanol–water partition coefficient (Wildman–Crippen LogP) is 4.16. The minimum Gasteiger partial charge on any atom is -0.475 e. The molecule has 3 aliphatic heterocycles.